The van der Waals surface area contributed by atoms with Gasteiger partial charge in [0.15, 0.2) is 5.16 Å². The number of carbonyl (C=O) groups is 1. The van der Waals surface area contributed by atoms with Crippen LogP contribution in [0.15, 0.2) is 39.1 Å². The summed E-state index contributed by atoms with van der Waals surface area (Å²) < 4.78 is 11.8. The van der Waals surface area contributed by atoms with Crippen molar-refractivity contribution >= 4 is 29.5 Å². The van der Waals surface area contributed by atoms with Gasteiger partial charge in [-0.15, -0.1) is 11.8 Å². The Morgan fingerprint density at radius 2 is 2.28 bits per heavy atom. The van der Waals surface area contributed by atoms with Crippen LogP contribution in [0, 0.1) is 0 Å². The highest BCUT2D eigenvalue weighted by Gasteiger charge is 2.23. The van der Waals surface area contributed by atoms with Crippen LogP contribution in [0.25, 0.3) is 5.69 Å². The van der Waals surface area contributed by atoms with E-state index in [1.54, 1.807) is 24.7 Å². The molecule has 3 rings (SSSR count). The molecule has 1 aromatic carbocycles. The van der Waals surface area contributed by atoms with E-state index >= 15 is 0 Å². The second-order valence-corrected chi connectivity index (χ2v) is 7.25. The molecule has 8 heteroatoms. The lowest BCUT2D eigenvalue weighted by atomic mass is 10.3. The lowest BCUT2D eigenvalue weighted by Crippen LogP contribution is -2.24. The summed E-state index contributed by atoms with van der Waals surface area (Å²) in [6, 6.07) is 7.24. The van der Waals surface area contributed by atoms with Crippen LogP contribution in [-0.2, 0) is 16.0 Å². The zero-order chi connectivity index (χ0) is 17.8. The number of esters is 1. The van der Waals surface area contributed by atoms with Gasteiger partial charge in [0.25, 0.3) is 5.56 Å². The molecule has 1 aliphatic rings. The molecule has 1 aliphatic heterocycles. The van der Waals surface area contributed by atoms with E-state index in [1.807, 2.05) is 18.2 Å². The van der Waals surface area contributed by atoms with Crippen molar-refractivity contribution in [2.75, 3.05) is 25.2 Å². The number of ether oxygens (including phenoxy) is 2. The number of carbonyl (C=O) groups excluding carboxylic acids is 1. The molecule has 0 unspecified atom stereocenters. The molecule has 0 bridgehead atoms. The molecule has 1 aromatic heterocycles. The lowest BCUT2D eigenvalue weighted by molar-refractivity contribution is -0.139. The maximum Gasteiger partial charge on any atom is 0.316 e. The van der Waals surface area contributed by atoms with Gasteiger partial charge in [-0.3, -0.25) is 14.2 Å². The fourth-order valence-corrected chi connectivity index (χ4v) is 4.34. The minimum atomic E-state index is -0.325. The number of aromatic nitrogens is 2. The number of hydrogen-bond acceptors (Lipinski definition) is 7. The van der Waals surface area contributed by atoms with Crippen molar-refractivity contribution in [1.82, 2.24) is 9.55 Å². The zero-order valence-corrected chi connectivity index (χ0v) is 15.6. The van der Waals surface area contributed by atoms with E-state index in [4.69, 9.17) is 9.47 Å². The molecule has 0 saturated heterocycles. The number of methoxy groups -OCH3 is 1. The minimum Gasteiger partial charge on any atom is -0.497 e. The first-order chi connectivity index (χ1) is 12.1. The maximum atomic E-state index is 13.0. The molecule has 2 heterocycles. The molecular weight excluding hydrogens is 360 g/mol. The Hall–Kier alpha value is -1.93. The van der Waals surface area contributed by atoms with Crippen molar-refractivity contribution in [1.29, 1.82) is 0 Å². The highest BCUT2D eigenvalue weighted by atomic mass is 32.2. The van der Waals surface area contributed by atoms with Crippen molar-refractivity contribution in [2.45, 2.75) is 23.4 Å². The third-order valence-corrected chi connectivity index (χ3v) is 5.62. The molecule has 0 N–H and O–H groups in total. The zero-order valence-electron chi connectivity index (χ0n) is 14.0. The van der Waals surface area contributed by atoms with Gasteiger partial charge in [-0.25, -0.2) is 4.98 Å². The van der Waals surface area contributed by atoms with E-state index in [-0.39, 0.29) is 17.3 Å². The molecule has 0 saturated carbocycles. The van der Waals surface area contributed by atoms with E-state index < -0.39 is 0 Å². The number of benzene rings is 1. The van der Waals surface area contributed by atoms with E-state index in [0.29, 0.717) is 28.1 Å². The molecule has 2 aromatic rings. The molecule has 0 aliphatic carbocycles. The SMILES string of the molecule is CCOC(=O)CSc1nc2c(c(=O)n1-c1cccc(OC)c1)SCC2. The fraction of sp³-hybridized carbons (Fsp3) is 0.353. The van der Waals surface area contributed by atoms with Crippen LogP contribution in [0.3, 0.4) is 0 Å². The number of fused-ring (bicyclic) bond motifs is 1. The van der Waals surface area contributed by atoms with Crippen LogP contribution in [0.2, 0.25) is 0 Å². The molecule has 0 atom stereocenters. The predicted octanol–water partition coefficient (Wildman–Crippen LogP) is 2.54. The molecule has 132 valence electrons. The predicted molar refractivity (Wildman–Crippen MR) is 98.2 cm³/mol. The van der Waals surface area contributed by atoms with Gasteiger partial charge in [-0.2, -0.15) is 0 Å². The topological polar surface area (TPSA) is 70.4 Å². The lowest BCUT2D eigenvalue weighted by Gasteiger charge is -2.14. The third kappa shape index (κ3) is 3.85. The van der Waals surface area contributed by atoms with Gasteiger partial charge in [0.05, 0.1) is 35.7 Å². The second kappa shape index (κ2) is 7.97. The van der Waals surface area contributed by atoms with Crippen LogP contribution in [0.1, 0.15) is 12.6 Å². The monoisotopic (exact) mass is 378 g/mol. The van der Waals surface area contributed by atoms with Crippen LogP contribution in [-0.4, -0.2) is 40.7 Å². The summed E-state index contributed by atoms with van der Waals surface area (Å²) in [6.07, 6.45) is 0.765. The summed E-state index contributed by atoms with van der Waals surface area (Å²) in [4.78, 5) is 30.0. The number of nitrogens with zero attached hydrogens (tertiary/aromatic N) is 2. The van der Waals surface area contributed by atoms with Crippen molar-refractivity contribution < 1.29 is 14.3 Å². The molecular formula is C17H18N2O4S2. The van der Waals surface area contributed by atoms with Crippen molar-refractivity contribution in [2.24, 2.45) is 0 Å². The summed E-state index contributed by atoms with van der Waals surface area (Å²) in [5.41, 5.74) is 1.37. The minimum absolute atomic E-state index is 0.105. The Kier molecular flexibility index (Phi) is 5.70. The van der Waals surface area contributed by atoms with E-state index in [0.717, 1.165) is 17.9 Å². The highest BCUT2D eigenvalue weighted by molar-refractivity contribution is 8.00. The van der Waals surface area contributed by atoms with Crippen molar-refractivity contribution in [3.63, 3.8) is 0 Å². The van der Waals surface area contributed by atoms with Gasteiger partial charge >= 0.3 is 5.97 Å². The Balaban J connectivity index is 2.05. The Bertz CT molecular complexity index is 851. The van der Waals surface area contributed by atoms with Crippen molar-refractivity contribution in [3.8, 4) is 11.4 Å². The average molecular weight is 378 g/mol. The van der Waals surface area contributed by atoms with Crippen LogP contribution < -0.4 is 10.3 Å². The average Bonchev–Trinajstić information content (AvgIpc) is 3.09. The molecule has 25 heavy (non-hydrogen) atoms. The molecule has 0 radical (unpaired) electrons. The van der Waals surface area contributed by atoms with E-state index in [2.05, 4.69) is 4.98 Å². The summed E-state index contributed by atoms with van der Waals surface area (Å²) in [5, 5.41) is 0.493. The Labute approximate surface area is 153 Å². The number of rotatable bonds is 6. The number of thioether (sulfide) groups is 2. The largest absolute Gasteiger partial charge is 0.497 e. The Morgan fingerprint density at radius 3 is 3.04 bits per heavy atom. The van der Waals surface area contributed by atoms with Gasteiger partial charge in [-0.1, -0.05) is 17.8 Å². The smallest absolute Gasteiger partial charge is 0.316 e. The summed E-state index contributed by atoms with van der Waals surface area (Å²) in [7, 11) is 1.58. The fourth-order valence-electron chi connectivity index (χ4n) is 2.49. The maximum absolute atomic E-state index is 13.0. The van der Waals surface area contributed by atoms with E-state index in [9.17, 15) is 9.59 Å². The Morgan fingerprint density at radius 1 is 1.44 bits per heavy atom. The number of hydrogen-bond donors (Lipinski definition) is 0. The van der Waals surface area contributed by atoms with Crippen molar-refractivity contribution in [3.05, 3.63) is 40.3 Å². The molecule has 0 fully saturated rings. The van der Waals surface area contributed by atoms with Gasteiger partial charge in [0.1, 0.15) is 5.75 Å². The van der Waals surface area contributed by atoms with Crippen LogP contribution in [0.4, 0.5) is 0 Å². The van der Waals surface area contributed by atoms with E-state index in [1.165, 1.54) is 23.5 Å². The van der Waals surface area contributed by atoms with Crippen LogP contribution >= 0.6 is 23.5 Å². The molecule has 0 amide bonds. The first-order valence-electron chi connectivity index (χ1n) is 7.85. The standard InChI is InChI=1S/C17H18N2O4S2/c1-3-23-14(20)10-25-17-18-13-7-8-24-15(13)16(21)19(17)11-5-4-6-12(9-11)22-2/h4-6,9H,3,7-8,10H2,1-2H3. The van der Waals surface area contributed by atoms with Gasteiger partial charge in [0, 0.05) is 18.2 Å². The second-order valence-electron chi connectivity index (χ2n) is 5.20. The van der Waals surface area contributed by atoms with Gasteiger partial charge in [-0.05, 0) is 19.1 Å². The summed E-state index contributed by atoms with van der Waals surface area (Å²) in [6.45, 7) is 2.09. The first kappa shape index (κ1) is 17.9. The van der Waals surface area contributed by atoms with Crippen LogP contribution in [0.5, 0.6) is 5.75 Å². The normalized spacial score (nSPS) is 12.7. The number of aryl methyl sites for hydroxylation is 1. The highest BCUT2D eigenvalue weighted by Crippen LogP contribution is 2.30. The molecule has 0 spiro atoms. The van der Waals surface area contributed by atoms with Gasteiger partial charge in [0.2, 0.25) is 0 Å². The van der Waals surface area contributed by atoms with Gasteiger partial charge < -0.3 is 9.47 Å². The quantitative estimate of drug-likeness (QED) is 0.435. The summed E-state index contributed by atoms with van der Waals surface area (Å²) in [5.74, 6) is 1.28. The molecule has 6 nitrogen and oxygen atoms in total. The third-order valence-electron chi connectivity index (χ3n) is 3.60. The first-order valence-corrected chi connectivity index (χ1v) is 9.82. The summed E-state index contributed by atoms with van der Waals surface area (Å²) >= 11 is 2.74.